The van der Waals surface area contributed by atoms with Crippen LogP contribution >= 0.6 is 0 Å². The molecule has 1 amide bonds. The summed E-state index contributed by atoms with van der Waals surface area (Å²) >= 11 is 0. The lowest BCUT2D eigenvalue weighted by atomic mass is 9.88. The summed E-state index contributed by atoms with van der Waals surface area (Å²) in [6.45, 7) is 3.55. The molecule has 0 bridgehead atoms. The first-order valence-corrected chi connectivity index (χ1v) is 12.3. The lowest BCUT2D eigenvalue weighted by molar-refractivity contribution is -0.120. The molecule has 1 atom stereocenters. The van der Waals surface area contributed by atoms with E-state index in [0.717, 1.165) is 36.0 Å². The van der Waals surface area contributed by atoms with E-state index in [-0.39, 0.29) is 23.4 Å². The molecule has 3 aromatic carbocycles. The molecule has 1 N–H and O–H groups in total. The standard InChI is InChI=1S/C26H28N2O3S/c1-19-15-16-25(20(2)17-19)28(32(30,31)22-11-4-3-5-12-22)18-26(29)27-24-14-8-10-21-9-6-7-13-23(21)24/h3-7,9,11-13,15-17,24H,8,10,14,18H2,1-2H3,(H,27,29)/t24-/m1/s1. The third kappa shape index (κ3) is 4.55. The molecule has 6 heteroatoms. The van der Waals surface area contributed by atoms with Crippen molar-refractivity contribution in [2.75, 3.05) is 10.8 Å². The maximum absolute atomic E-state index is 13.5. The monoisotopic (exact) mass is 448 g/mol. The Kier molecular flexibility index (Phi) is 6.33. The van der Waals surface area contributed by atoms with Gasteiger partial charge in [-0.15, -0.1) is 0 Å². The Morgan fingerprint density at radius 3 is 2.47 bits per heavy atom. The van der Waals surface area contributed by atoms with Crippen molar-refractivity contribution in [2.24, 2.45) is 0 Å². The molecule has 0 saturated carbocycles. The predicted octanol–water partition coefficient (Wildman–Crippen LogP) is 4.69. The SMILES string of the molecule is Cc1ccc(N(CC(=O)N[C@@H]2CCCc3ccccc32)S(=O)(=O)c2ccccc2)c(C)c1. The molecule has 3 aromatic rings. The van der Waals surface area contributed by atoms with Crippen molar-refractivity contribution in [2.45, 2.75) is 44.0 Å². The molecule has 1 aliphatic carbocycles. The van der Waals surface area contributed by atoms with Crippen LogP contribution in [0.3, 0.4) is 0 Å². The second-order valence-electron chi connectivity index (χ2n) is 8.33. The van der Waals surface area contributed by atoms with Crippen LogP contribution < -0.4 is 9.62 Å². The van der Waals surface area contributed by atoms with E-state index in [1.165, 1.54) is 9.87 Å². The number of sulfonamides is 1. The lowest BCUT2D eigenvalue weighted by Gasteiger charge is -2.29. The largest absolute Gasteiger partial charge is 0.348 e. The van der Waals surface area contributed by atoms with Gasteiger partial charge in [0.05, 0.1) is 16.6 Å². The minimum absolute atomic E-state index is 0.104. The average Bonchev–Trinajstić information content (AvgIpc) is 2.79. The molecule has 4 rings (SSSR count). The predicted molar refractivity (Wildman–Crippen MR) is 127 cm³/mol. The summed E-state index contributed by atoms with van der Waals surface area (Å²) in [5.74, 6) is -0.314. The zero-order chi connectivity index (χ0) is 22.7. The number of amides is 1. The van der Waals surface area contributed by atoms with Gasteiger partial charge >= 0.3 is 0 Å². The Morgan fingerprint density at radius 1 is 1.00 bits per heavy atom. The van der Waals surface area contributed by atoms with Gasteiger partial charge in [-0.25, -0.2) is 8.42 Å². The van der Waals surface area contributed by atoms with Crippen LogP contribution in [-0.2, 0) is 21.2 Å². The third-order valence-corrected chi connectivity index (χ3v) is 7.72. The summed E-state index contributed by atoms with van der Waals surface area (Å²) in [5, 5.41) is 3.08. The smallest absolute Gasteiger partial charge is 0.264 e. The maximum atomic E-state index is 13.5. The number of carbonyl (C=O) groups excluding carboxylic acids is 1. The fraction of sp³-hybridized carbons (Fsp3) is 0.269. The zero-order valence-electron chi connectivity index (χ0n) is 18.4. The number of hydrogen-bond donors (Lipinski definition) is 1. The number of aryl methyl sites for hydroxylation is 3. The Hall–Kier alpha value is -3.12. The van der Waals surface area contributed by atoms with Crippen LogP contribution in [0.25, 0.3) is 0 Å². The molecule has 0 aromatic heterocycles. The van der Waals surface area contributed by atoms with Crippen LogP contribution in [-0.4, -0.2) is 20.9 Å². The van der Waals surface area contributed by atoms with Crippen LogP contribution in [0.2, 0.25) is 0 Å². The highest BCUT2D eigenvalue weighted by Crippen LogP contribution is 2.30. The zero-order valence-corrected chi connectivity index (χ0v) is 19.2. The fourth-order valence-corrected chi connectivity index (χ4v) is 5.89. The van der Waals surface area contributed by atoms with E-state index in [9.17, 15) is 13.2 Å². The second-order valence-corrected chi connectivity index (χ2v) is 10.2. The Bertz CT molecular complexity index is 1220. The van der Waals surface area contributed by atoms with Gasteiger partial charge in [0.25, 0.3) is 10.0 Å². The Labute approximate surface area is 190 Å². The number of hydrogen-bond acceptors (Lipinski definition) is 3. The Morgan fingerprint density at radius 2 is 1.72 bits per heavy atom. The summed E-state index contributed by atoms with van der Waals surface area (Å²) in [5.41, 5.74) is 4.72. The summed E-state index contributed by atoms with van der Waals surface area (Å²) in [6.07, 6.45) is 2.84. The van der Waals surface area contributed by atoms with Gasteiger partial charge in [0.1, 0.15) is 6.54 Å². The Balaban J connectivity index is 1.65. The molecule has 0 saturated heterocycles. The quantitative estimate of drug-likeness (QED) is 0.595. The molecule has 32 heavy (non-hydrogen) atoms. The molecule has 5 nitrogen and oxygen atoms in total. The maximum Gasteiger partial charge on any atom is 0.264 e. The highest BCUT2D eigenvalue weighted by molar-refractivity contribution is 7.92. The summed E-state index contributed by atoms with van der Waals surface area (Å²) in [6, 6.07) is 21.8. The number of fused-ring (bicyclic) bond motifs is 1. The molecule has 1 aliphatic rings. The van der Waals surface area contributed by atoms with Gasteiger partial charge < -0.3 is 5.32 Å². The molecule has 0 unspecified atom stereocenters. The topological polar surface area (TPSA) is 66.5 Å². The highest BCUT2D eigenvalue weighted by atomic mass is 32.2. The average molecular weight is 449 g/mol. The molecular weight excluding hydrogens is 420 g/mol. The van der Waals surface area contributed by atoms with Crippen LogP contribution in [0.15, 0.2) is 77.7 Å². The number of benzene rings is 3. The number of rotatable bonds is 6. The van der Waals surface area contributed by atoms with E-state index >= 15 is 0 Å². The second kappa shape index (κ2) is 9.17. The summed E-state index contributed by atoms with van der Waals surface area (Å²) in [4.78, 5) is 13.3. The van der Waals surface area contributed by atoms with Crippen molar-refractivity contribution in [1.29, 1.82) is 0 Å². The van der Waals surface area contributed by atoms with Crippen LogP contribution in [0.4, 0.5) is 5.69 Å². The van der Waals surface area contributed by atoms with Gasteiger partial charge in [-0.2, -0.15) is 0 Å². The van der Waals surface area contributed by atoms with E-state index in [4.69, 9.17) is 0 Å². The molecule has 0 aliphatic heterocycles. The number of nitrogens with one attached hydrogen (secondary N) is 1. The van der Waals surface area contributed by atoms with Crippen molar-refractivity contribution in [3.8, 4) is 0 Å². The van der Waals surface area contributed by atoms with Crippen LogP contribution in [0.1, 0.15) is 41.1 Å². The third-order valence-electron chi connectivity index (χ3n) is 5.94. The van der Waals surface area contributed by atoms with Crippen molar-refractivity contribution in [3.63, 3.8) is 0 Å². The van der Waals surface area contributed by atoms with Crippen molar-refractivity contribution < 1.29 is 13.2 Å². The van der Waals surface area contributed by atoms with Crippen molar-refractivity contribution >= 4 is 21.6 Å². The summed E-state index contributed by atoms with van der Waals surface area (Å²) in [7, 11) is -3.91. The molecule has 166 valence electrons. The van der Waals surface area contributed by atoms with E-state index < -0.39 is 10.0 Å². The molecule has 0 spiro atoms. The minimum atomic E-state index is -3.91. The van der Waals surface area contributed by atoms with Gasteiger partial charge in [-0.3, -0.25) is 9.10 Å². The first-order valence-electron chi connectivity index (χ1n) is 10.9. The van der Waals surface area contributed by atoms with Gasteiger partial charge in [-0.1, -0.05) is 60.2 Å². The molecule has 0 fully saturated rings. The normalized spacial score (nSPS) is 15.6. The number of anilines is 1. The number of nitrogens with zero attached hydrogens (tertiary/aromatic N) is 1. The first kappa shape index (κ1) is 22.1. The van der Waals surface area contributed by atoms with Crippen LogP contribution in [0, 0.1) is 13.8 Å². The van der Waals surface area contributed by atoms with Crippen LogP contribution in [0.5, 0.6) is 0 Å². The van der Waals surface area contributed by atoms with E-state index in [1.54, 1.807) is 36.4 Å². The van der Waals surface area contributed by atoms with Gasteiger partial charge in [0.2, 0.25) is 5.91 Å². The summed E-state index contributed by atoms with van der Waals surface area (Å²) < 4.78 is 28.3. The molecular formula is C26H28N2O3S. The van der Waals surface area contributed by atoms with E-state index in [1.807, 2.05) is 44.2 Å². The van der Waals surface area contributed by atoms with Gasteiger partial charge in [-0.05, 0) is 68.0 Å². The van der Waals surface area contributed by atoms with Crippen molar-refractivity contribution in [3.05, 3.63) is 95.1 Å². The minimum Gasteiger partial charge on any atom is -0.348 e. The highest BCUT2D eigenvalue weighted by Gasteiger charge is 2.29. The van der Waals surface area contributed by atoms with Crippen molar-refractivity contribution in [1.82, 2.24) is 5.32 Å². The molecule has 0 radical (unpaired) electrons. The van der Waals surface area contributed by atoms with Gasteiger partial charge in [0, 0.05) is 0 Å². The first-order chi connectivity index (χ1) is 15.4. The van der Waals surface area contributed by atoms with E-state index in [2.05, 4.69) is 11.4 Å². The fourth-order valence-electron chi connectivity index (χ4n) is 4.38. The molecule has 0 heterocycles. The van der Waals surface area contributed by atoms with E-state index in [0.29, 0.717) is 5.69 Å². The lowest BCUT2D eigenvalue weighted by Crippen LogP contribution is -2.42. The number of carbonyl (C=O) groups is 1. The van der Waals surface area contributed by atoms with Gasteiger partial charge in [0.15, 0.2) is 0 Å².